The minimum absolute atomic E-state index is 0.114. The molecule has 17 heavy (non-hydrogen) atoms. The van der Waals surface area contributed by atoms with E-state index in [9.17, 15) is 4.79 Å². The minimum Gasteiger partial charge on any atom is -0.465 e. The van der Waals surface area contributed by atoms with E-state index in [-0.39, 0.29) is 17.2 Å². The Kier molecular flexibility index (Phi) is 4.22. The van der Waals surface area contributed by atoms with Crippen LogP contribution in [0.4, 0.5) is 4.79 Å². The first-order valence-corrected chi connectivity index (χ1v) is 8.79. The van der Waals surface area contributed by atoms with Gasteiger partial charge in [0.25, 0.3) is 0 Å². The van der Waals surface area contributed by atoms with Gasteiger partial charge in [-0.25, -0.2) is 4.79 Å². The molecule has 0 aromatic rings. The van der Waals surface area contributed by atoms with Crippen LogP contribution in [0.5, 0.6) is 0 Å². The molecule has 0 radical (unpaired) electrons. The van der Waals surface area contributed by atoms with Crippen LogP contribution in [0, 0.1) is 0 Å². The fourth-order valence-electron chi connectivity index (χ4n) is 1.50. The zero-order chi connectivity index (χ0) is 13.3. The van der Waals surface area contributed by atoms with Crippen LogP contribution in [-0.2, 0) is 9.16 Å². The number of amides is 1. The molecule has 1 saturated heterocycles. The van der Waals surface area contributed by atoms with Gasteiger partial charge in [-0.3, -0.25) is 0 Å². The van der Waals surface area contributed by atoms with Gasteiger partial charge in [0, 0.05) is 0 Å². The van der Waals surface area contributed by atoms with E-state index in [1.807, 2.05) is 0 Å². The van der Waals surface area contributed by atoms with Gasteiger partial charge in [-0.15, -0.1) is 0 Å². The van der Waals surface area contributed by atoms with Crippen LogP contribution in [0.3, 0.4) is 0 Å². The van der Waals surface area contributed by atoms with Gasteiger partial charge in [-0.1, -0.05) is 20.8 Å². The SMILES string of the molecule is CC(C)(C)[Si](C)(C)O[C@H]1COC[C@H]1NC(=O)O. The van der Waals surface area contributed by atoms with E-state index in [1.54, 1.807) is 0 Å². The molecule has 1 amide bonds. The summed E-state index contributed by atoms with van der Waals surface area (Å²) in [5.41, 5.74) is 0. The van der Waals surface area contributed by atoms with Crippen molar-refractivity contribution in [3.05, 3.63) is 0 Å². The first-order valence-electron chi connectivity index (χ1n) is 5.88. The maximum absolute atomic E-state index is 10.7. The third kappa shape index (κ3) is 3.69. The fourth-order valence-corrected chi connectivity index (χ4v) is 2.84. The number of carbonyl (C=O) groups is 1. The molecule has 0 aromatic carbocycles. The smallest absolute Gasteiger partial charge is 0.405 e. The van der Waals surface area contributed by atoms with Crippen LogP contribution >= 0.6 is 0 Å². The molecule has 2 atom stereocenters. The maximum atomic E-state index is 10.7. The van der Waals surface area contributed by atoms with Gasteiger partial charge in [0.2, 0.25) is 0 Å². The zero-order valence-corrected chi connectivity index (χ0v) is 12.2. The number of nitrogens with one attached hydrogen (secondary N) is 1. The third-order valence-corrected chi connectivity index (χ3v) is 8.09. The van der Waals surface area contributed by atoms with E-state index in [1.165, 1.54) is 0 Å². The Morgan fingerprint density at radius 3 is 2.47 bits per heavy atom. The highest BCUT2D eigenvalue weighted by molar-refractivity contribution is 6.74. The van der Waals surface area contributed by atoms with Crippen molar-refractivity contribution in [2.75, 3.05) is 13.2 Å². The lowest BCUT2D eigenvalue weighted by molar-refractivity contribution is 0.126. The summed E-state index contributed by atoms with van der Waals surface area (Å²) in [6.45, 7) is 11.7. The molecule has 0 saturated carbocycles. The lowest BCUT2D eigenvalue weighted by atomic mass is 10.2. The summed E-state index contributed by atoms with van der Waals surface area (Å²) in [7, 11) is -1.88. The molecule has 1 heterocycles. The standard InChI is InChI=1S/C11H23NO4Si/c1-11(2,3)17(4,5)16-9-7-15-6-8(9)12-10(13)14/h8-9,12H,6-7H2,1-5H3,(H,13,14)/t8-,9+/m1/s1. The van der Waals surface area contributed by atoms with E-state index in [4.69, 9.17) is 14.3 Å². The highest BCUT2D eigenvalue weighted by atomic mass is 28.4. The molecule has 0 aromatic heterocycles. The lowest BCUT2D eigenvalue weighted by Gasteiger charge is -2.39. The van der Waals surface area contributed by atoms with E-state index < -0.39 is 14.4 Å². The Hall–Kier alpha value is -0.593. The van der Waals surface area contributed by atoms with Gasteiger partial charge >= 0.3 is 6.09 Å². The van der Waals surface area contributed by atoms with Gasteiger partial charge in [-0.2, -0.15) is 0 Å². The van der Waals surface area contributed by atoms with Crippen molar-refractivity contribution >= 4 is 14.4 Å². The van der Waals surface area contributed by atoms with Crippen LogP contribution < -0.4 is 5.32 Å². The van der Waals surface area contributed by atoms with E-state index >= 15 is 0 Å². The summed E-state index contributed by atoms with van der Waals surface area (Å²) >= 11 is 0. The van der Waals surface area contributed by atoms with Gasteiger partial charge in [0.05, 0.1) is 25.4 Å². The van der Waals surface area contributed by atoms with Crippen molar-refractivity contribution in [2.24, 2.45) is 0 Å². The Labute approximate surface area is 104 Å². The molecule has 6 heteroatoms. The summed E-state index contributed by atoms with van der Waals surface area (Å²) in [5, 5.41) is 11.3. The fraction of sp³-hybridized carbons (Fsp3) is 0.909. The van der Waals surface area contributed by atoms with Crippen molar-refractivity contribution in [1.29, 1.82) is 0 Å². The molecule has 0 unspecified atom stereocenters. The summed E-state index contributed by atoms with van der Waals surface area (Å²) < 4.78 is 11.5. The number of hydrogen-bond acceptors (Lipinski definition) is 3. The first kappa shape index (κ1) is 14.5. The predicted molar refractivity (Wildman–Crippen MR) is 67.8 cm³/mol. The molecule has 0 bridgehead atoms. The van der Waals surface area contributed by atoms with Gasteiger partial charge in [0.15, 0.2) is 8.32 Å². The number of hydrogen-bond donors (Lipinski definition) is 2. The molecule has 5 nitrogen and oxygen atoms in total. The molecule has 0 aliphatic carbocycles. The van der Waals surface area contributed by atoms with Crippen LogP contribution in [0.1, 0.15) is 20.8 Å². The largest absolute Gasteiger partial charge is 0.465 e. The average Bonchev–Trinajstić information content (AvgIpc) is 2.48. The Bertz CT molecular complexity index is 288. The van der Waals surface area contributed by atoms with Crippen LogP contribution in [-0.4, -0.2) is 44.9 Å². The van der Waals surface area contributed by atoms with E-state index in [0.29, 0.717) is 13.2 Å². The lowest BCUT2D eigenvalue weighted by Crippen LogP contribution is -2.51. The van der Waals surface area contributed by atoms with Gasteiger partial charge < -0.3 is 19.6 Å². The van der Waals surface area contributed by atoms with Crippen molar-refractivity contribution in [3.63, 3.8) is 0 Å². The normalized spacial score (nSPS) is 25.9. The number of carboxylic acid groups (broad SMARTS) is 1. The highest BCUT2D eigenvalue weighted by Crippen LogP contribution is 2.38. The molecule has 100 valence electrons. The summed E-state index contributed by atoms with van der Waals surface area (Å²) in [6, 6.07) is -0.248. The Morgan fingerprint density at radius 2 is 2.00 bits per heavy atom. The Morgan fingerprint density at radius 1 is 1.41 bits per heavy atom. The topological polar surface area (TPSA) is 67.8 Å². The second-order valence-corrected chi connectivity index (χ2v) is 10.8. The molecule has 1 rings (SSSR count). The zero-order valence-electron chi connectivity index (χ0n) is 11.2. The molecule has 2 N–H and O–H groups in total. The van der Waals surface area contributed by atoms with Crippen molar-refractivity contribution in [1.82, 2.24) is 5.32 Å². The minimum atomic E-state index is -1.88. The molecule has 1 fully saturated rings. The maximum Gasteiger partial charge on any atom is 0.405 e. The molecule has 1 aliphatic rings. The molecular formula is C11H23NO4Si. The third-order valence-electron chi connectivity index (χ3n) is 3.59. The van der Waals surface area contributed by atoms with Crippen LogP contribution in [0.25, 0.3) is 0 Å². The second kappa shape index (κ2) is 4.95. The summed E-state index contributed by atoms with van der Waals surface area (Å²) in [6.07, 6.45) is -1.18. The molecular weight excluding hydrogens is 238 g/mol. The molecule has 0 spiro atoms. The Balaban J connectivity index is 2.64. The van der Waals surface area contributed by atoms with Gasteiger partial charge in [-0.05, 0) is 18.1 Å². The first-order chi connectivity index (χ1) is 7.63. The molecule has 1 aliphatic heterocycles. The predicted octanol–water partition coefficient (Wildman–Crippen LogP) is 2.04. The average molecular weight is 261 g/mol. The monoisotopic (exact) mass is 261 g/mol. The highest BCUT2D eigenvalue weighted by Gasteiger charge is 2.42. The van der Waals surface area contributed by atoms with Gasteiger partial charge in [0.1, 0.15) is 0 Å². The summed E-state index contributed by atoms with van der Waals surface area (Å²) in [4.78, 5) is 10.7. The van der Waals surface area contributed by atoms with Crippen LogP contribution in [0.15, 0.2) is 0 Å². The van der Waals surface area contributed by atoms with Crippen LogP contribution in [0.2, 0.25) is 18.1 Å². The van der Waals surface area contributed by atoms with E-state index in [0.717, 1.165) is 0 Å². The number of rotatable bonds is 3. The second-order valence-electron chi connectivity index (χ2n) is 6.01. The van der Waals surface area contributed by atoms with Crippen molar-refractivity contribution < 1.29 is 19.1 Å². The van der Waals surface area contributed by atoms with E-state index in [2.05, 4.69) is 39.2 Å². The quantitative estimate of drug-likeness (QED) is 0.763. The van der Waals surface area contributed by atoms with Crippen molar-refractivity contribution in [2.45, 2.75) is 51.0 Å². The number of ether oxygens (including phenoxy) is 1. The summed E-state index contributed by atoms with van der Waals surface area (Å²) in [5.74, 6) is 0. The van der Waals surface area contributed by atoms with Crippen molar-refractivity contribution in [3.8, 4) is 0 Å².